The summed E-state index contributed by atoms with van der Waals surface area (Å²) in [6, 6.07) is 3.70. The molecule has 17 heavy (non-hydrogen) atoms. The highest BCUT2D eigenvalue weighted by Gasteiger charge is 2.08. The van der Waals surface area contributed by atoms with Gasteiger partial charge in [0.25, 0.3) is 0 Å². The minimum atomic E-state index is 0.0881. The van der Waals surface area contributed by atoms with Gasteiger partial charge in [-0.2, -0.15) is 0 Å². The van der Waals surface area contributed by atoms with Crippen molar-refractivity contribution in [2.24, 2.45) is 0 Å². The molecular weight excluding hydrogens is 302 g/mol. The van der Waals surface area contributed by atoms with Crippen molar-refractivity contribution in [3.63, 3.8) is 0 Å². The first-order chi connectivity index (χ1) is 8.13. The van der Waals surface area contributed by atoms with Crippen LogP contribution in [0.4, 0.5) is 5.13 Å². The standard InChI is InChI=1S/C11H10BrN3OS/c12-7-1-2-8(14-5-7)3-10(16)4-9-6-17-11(13)15-9/h1-2,5-6H,3-4H2,(H2,13,15). The number of thiazole rings is 1. The molecule has 0 bridgehead atoms. The molecule has 2 aromatic heterocycles. The molecular formula is C11H10BrN3OS. The Hall–Kier alpha value is -1.27. The van der Waals surface area contributed by atoms with Crippen LogP contribution >= 0.6 is 27.3 Å². The average Bonchev–Trinajstić information content (AvgIpc) is 2.67. The maximum absolute atomic E-state index is 11.7. The van der Waals surface area contributed by atoms with Gasteiger partial charge in [-0.05, 0) is 28.1 Å². The van der Waals surface area contributed by atoms with Crippen molar-refractivity contribution in [3.05, 3.63) is 39.6 Å². The minimum absolute atomic E-state index is 0.0881. The second-order valence-corrected chi connectivity index (χ2v) is 5.34. The molecule has 0 atom stereocenters. The number of anilines is 1. The molecule has 0 radical (unpaired) electrons. The van der Waals surface area contributed by atoms with E-state index in [1.54, 1.807) is 6.20 Å². The number of hydrogen-bond donors (Lipinski definition) is 1. The number of carbonyl (C=O) groups excluding carboxylic acids is 1. The summed E-state index contributed by atoms with van der Waals surface area (Å²) >= 11 is 4.65. The van der Waals surface area contributed by atoms with Gasteiger partial charge in [0, 0.05) is 28.2 Å². The Bertz CT molecular complexity index is 524. The Labute approximate surface area is 111 Å². The van der Waals surface area contributed by atoms with E-state index < -0.39 is 0 Å². The third kappa shape index (κ3) is 3.61. The zero-order chi connectivity index (χ0) is 12.3. The first kappa shape index (κ1) is 12.2. The van der Waals surface area contributed by atoms with Gasteiger partial charge in [0.1, 0.15) is 5.78 Å². The number of nitrogens with zero attached hydrogens (tertiary/aromatic N) is 2. The van der Waals surface area contributed by atoms with E-state index in [4.69, 9.17) is 5.73 Å². The van der Waals surface area contributed by atoms with Crippen molar-refractivity contribution < 1.29 is 4.79 Å². The summed E-state index contributed by atoms with van der Waals surface area (Å²) in [5.74, 6) is 0.0881. The van der Waals surface area contributed by atoms with E-state index in [0.717, 1.165) is 15.9 Å². The summed E-state index contributed by atoms with van der Waals surface area (Å²) < 4.78 is 0.904. The number of nitrogens with two attached hydrogens (primary N) is 1. The van der Waals surface area contributed by atoms with Gasteiger partial charge in [-0.25, -0.2) is 4.98 Å². The van der Waals surface area contributed by atoms with Gasteiger partial charge in [-0.15, -0.1) is 11.3 Å². The van der Waals surface area contributed by atoms with Crippen LogP contribution in [0.2, 0.25) is 0 Å². The third-order valence-electron chi connectivity index (χ3n) is 2.11. The molecule has 0 aliphatic rings. The van der Waals surface area contributed by atoms with Crippen LogP contribution in [-0.2, 0) is 17.6 Å². The molecule has 0 amide bonds. The van der Waals surface area contributed by atoms with Gasteiger partial charge < -0.3 is 5.73 Å². The Morgan fingerprint density at radius 3 is 2.71 bits per heavy atom. The van der Waals surface area contributed by atoms with Crippen molar-refractivity contribution in [3.8, 4) is 0 Å². The fourth-order valence-electron chi connectivity index (χ4n) is 1.38. The highest BCUT2D eigenvalue weighted by molar-refractivity contribution is 9.10. The van der Waals surface area contributed by atoms with Gasteiger partial charge in [0.05, 0.1) is 12.1 Å². The molecule has 0 spiro atoms. The van der Waals surface area contributed by atoms with Gasteiger partial charge in [-0.1, -0.05) is 0 Å². The monoisotopic (exact) mass is 311 g/mol. The number of aromatic nitrogens is 2. The first-order valence-electron chi connectivity index (χ1n) is 4.95. The number of ketones is 1. The van der Waals surface area contributed by atoms with E-state index in [9.17, 15) is 4.79 Å². The van der Waals surface area contributed by atoms with Crippen molar-refractivity contribution in [2.45, 2.75) is 12.8 Å². The molecule has 0 saturated carbocycles. The lowest BCUT2D eigenvalue weighted by Crippen LogP contribution is -2.08. The maximum atomic E-state index is 11.7. The van der Waals surface area contributed by atoms with E-state index in [0.29, 0.717) is 18.0 Å². The predicted molar refractivity (Wildman–Crippen MR) is 70.9 cm³/mol. The minimum Gasteiger partial charge on any atom is -0.375 e. The fourth-order valence-corrected chi connectivity index (χ4v) is 2.18. The van der Waals surface area contributed by atoms with Crippen molar-refractivity contribution in [1.82, 2.24) is 9.97 Å². The van der Waals surface area contributed by atoms with Crippen LogP contribution in [0.1, 0.15) is 11.4 Å². The molecule has 2 rings (SSSR count). The summed E-state index contributed by atoms with van der Waals surface area (Å²) in [5.41, 5.74) is 7.00. The van der Waals surface area contributed by atoms with E-state index in [1.807, 2.05) is 17.5 Å². The van der Waals surface area contributed by atoms with Crippen LogP contribution in [0.5, 0.6) is 0 Å². The van der Waals surface area contributed by atoms with E-state index in [-0.39, 0.29) is 5.78 Å². The second-order valence-electron chi connectivity index (χ2n) is 3.54. The normalized spacial score (nSPS) is 10.4. The number of carbonyl (C=O) groups is 1. The number of rotatable bonds is 4. The first-order valence-corrected chi connectivity index (χ1v) is 6.63. The van der Waals surface area contributed by atoms with E-state index >= 15 is 0 Å². The number of nitrogen functional groups attached to an aromatic ring is 1. The summed E-state index contributed by atoms with van der Waals surface area (Å²) in [5, 5.41) is 2.30. The third-order valence-corrected chi connectivity index (χ3v) is 3.31. The van der Waals surface area contributed by atoms with Crippen LogP contribution in [0.15, 0.2) is 28.2 Å². The molecule has 2 heterocycles. The SMILES string of the molecule is Nc1nc(CC(=O)Cc2ccc(Br)cn2)cs1. The Morgan fingerprint density at radius 1 is 1.35 bits per heavy atom. The summed E-state index contributed by atoms with van der Waals surface area (Å²) in [7, 11) is 0. The quantitative estimate of drug-likeness (QED) is 0.940. The van der Waals surface area contributed by atoms with Crippen LogP contribution in [-0.4, -0.2) is 15.8 Å². The van der Waals surface area contributed by atoms with Gasteiger partial charge >= 0.3 is 0 Å². The number of Topliss-reactive ketones (excluding diaryl/α,β-unsaturated/α-hetero) is 1. The molecule has 0 fully saturated rings. The second kappa shape index (κ2) is 5.37. The highest BCUT2D eigenvalue weighted by Crippen LogP contribution is 2.13. The predicted octanol–water partition coefficient (Wildman–Crippen LogP) is 2.24. The van der Waals surface area contributed by atoms with Gasteiger partial charge in [0.15, 0.2) is 5.13 Å². The van der Waals surface area contributed by atoms with Crippen LogP contribution in [0, 0.1) is 0 Å². The van der Waals surface area contributed by atoms with Crippen molar-refractivity contribution in [2.75, 3.05) is 5.73 Å². The number of halogens is 1. The van der Waals surface area contributed by atoms with Crippen LogP contribution in [0.25, 0.3) is 0 Å². The molecule has 4 nitrogen and oxygen atoms in total. The van der Waals surface area contributed by atoms with E-state index in [2.05, 4.69) is 25.9 Å². The average molecular weight is 312 g/mol. The fraction of sp³-hybridized carbons (Fsp3) is 0.182. The molecule has 2 aromatic rings. The Balaban J connectivity index is 1.95. The zero-order valence-corrected chi connectivity index (χ0v) is 11.3. The maximum Gasteiger partial charge on any atom is 0.180 e. The summed E-state index contributed by atoms with van der Waals surface area (Å²) in [6.45, 7) is 0. The lowest BCUT2D eigenvalue weighted by Gasteiger charge is -1.99. The smallest absolute Gasteiger partial charge is 0.180 e. The topological polar surface area (TPSA) is 68.9 Å². The molecule has 88 valence electrons. The zero-order valence-electron chi connectivity index (χ0n) is 8.89. The molecule has 2 N–H and O–H groups in total. The molecule has 6 heteroatoms. The number of hydrogen-bond acceptors (Lipinski definition) is 5. The summed E-state index contributed by atoms with van der Waals surface area (Å²) in [4.78, 5) is 20.0. The lowest BCUT2D eigenvalue weighted by molar-refractivity contribution is -0.117. The Kier molecular flexibility index (Phi) is 3.86. The van der Waals surface area contributed by atoms with Gasteiger partial charge in [0.2, 0.25) is 0 Å². The highest BCUT2D eigenvalue weighted by atomic mass is 79.9. The van der Waals surface area contributed by atoms with Crippen molar-refractivity contribution in [1.29, 1.82) is 0 Å². The Morgan fingerprint density at radius 2 is 2.12 bits per heavy atom. The largest absolute Gasteiger partial charge is 0.375 e. The van der Waals surface area contributed by atoms with Crippen LogP contribution in [0.3, 0.4) is 0 Å². The van der Waals surface area contributed by atoms with Gasteiger partial charge in [-0.3, -0.25) is 9.78 Å². The molecule has 0 saturated heterocycles. The molecule has 0 aromatic carbocycles. The molecule has 0 unspecified atom stereocenters. The van der Waals surface area contributed by atoms with Crippen LogP contribution < -0.4 is 5.73 Å². The molecule has 0 aliphatic heterocycles. The molecule has 0 aliphatic carbocycles. The van der Waals surface area contributed by atoms with E-state index in [1.165, 1.54) is 11.3 Å². The lowest BCUT2D eigenvalue weighted by atomic mass is 10.1. The summed E-state index contributed by atoms with van der Waals surface area (Å²) in [6.07, 6.45) is 2.32. The van der Waals surface area contributed by atoms with Crippen molar-refractivity contribution >= 4 is 38.2 Å². The number of pyridine rings is 1.